The molecule has 1 heterocycles. The fraction of sp³-hybridized carbons (Fsp3) is 0.111. The van der Waals surface area contributed by atoms with Crippen molar-refractivity contribution in [3.05, 3.63) is 71.3 Å². The number of carbonyl (C=O) groups is 2. The van der Waals surface area contributed by atoms with Gasteiger partial charge in [0.2, 0.25) is 0 Å². The third-order valence-corrected chi connectivity index (χ3v) is 3.78. The van der Waals surface area contributed by atoms with E-state index < -0.39 is 53.5 Å². The standard InChI is InChI=1S/C18H12F3N3O4/c19-11-6-2-1-4-9(11)13(8-14(25)26)22-17(27)16-23-18(28-24-16)10-5-3-7-12(20)15(10)21/h1-7,13H,8H2,(H,22,27)(H,25,26). The lowest BCUT2D eigenvalue weighted by Gasteiger charge is -2.16. The number of benzene rings is 2. The monoisotopic (exact) mass is 391 g/mol. The number of nitrogens with one attached hydrogen (secondary N) is 1. The second-order valence-electron chi connectivity index (χ2n) is 5.67. The minimum Gasteiger partial charge on any atom is -0.481 e. The number of aliphatic carboxylic acids is 1. The SMILES string of the molecule is O=C(O)CC(NC(=O)c1noc(-c2cccc(F)c2F)n1)c1ccccc1F. The van der Waals surface area contributed by atoms with E-state index in [2.05, 4.69) is 15.5 Å². The van der Waals surface area contributed by atoms with Crippen LogP contribution in [0.15, 0.2) is 47.0 Å². The second-order valence-corrected chi connectivity index (χ2v) is 5.67. The van der Waals surface area contributed by atoms with Gasteiger partial charge < -0.3 is 14.9 Å². The molecule has 3 rings (SSSR count). The van der Waals surface area contributed by atoms with Gasteiger partial charge in [0.15, 0.2) is 11.6 Å². The summed E-state index contributed by atoms with van der Waals surface area (Å²) in [5, 5.41) is 14.7. The van der Waals surface area contributed by atoms with E-state index in [-0.39, 0.29) is 11.1 Å². The first-order chi connectivity index (χ1) is 13.4. The summed E-state index contributed by atoms with van der Waals surface area (Å²) in [7, 11) is 0. The lowest BCUT2D eigenvalue weighted by atomic mass is 10.0. The molecule has 7 nitrogen and oxygen atoms in total. The third-order valence-electron chi connectivity index (χ3n) is 3.78. The van der Waals surface area contributed by atoms with E-state index in [0.717, 1.165) is 12.1 Å². The van der Waals surface area contributed by atoms with E-state index in [1.54, 1.807) is 0 Å². The molecule has 1 aromatic heterocycles. The van der Waals surface area contributed by atoms with Gasteiger partial charge in [-0.25, -0.2) is 13.2 Å². The number of rotatable bonds is 6. The molecule has 0 saturated heterocycles. The number of amides is 1. The van der Waals surface area contributed by atoms with Gasteiger partial charge in [-0.2, -0.15) is 4.98 Å². The highest BCUT2D eigenvalue weighted by molar-refractivity contribution is 5.91. The average Bonchev–Trinajstić information content (AvgIpc) is 3.13. The van der Waals surface area contributed by atoms with Crippen LogP contribution >= 0.6 is 0 Å². The minimum atomic E-state index is -1.27. The molecule has 3 aromatic rings. The summed E-state index contributed by atoms with van der Waals surface area (Å²) in [6, 6.07) is 7.43. The Bertz CT molecular complexity index is 1040. The number of halogens is 3. The Morgan fingerprint density at radius 2 is 1.79 bits per heavy atom. The molecule has 0 radical (unpaired) electrons. The van der Waals surface area contributed by atoms with Gasteiger partial charge in [0.1, 0.15) is 5.82 Å². The van der Waals surface area contributed by atoms with Gasteiger partial charge in [-0.05, 0) is 18.2 Å². The van der Waals surface area contributed by atoms with Gasteiger partial charge in [-0.1, -0.05) is 29.4 Å². The van der Waals surface area contributed by atoms with E-state index in [0.29, 0.717) is 0 Å². The summed E-state index contributed by atoms with van der Waals surface area (Å²) in [5.74, 6) is -6.31. The smallest absolute Gasteiger partial charge is 0.305 e. The maximum absolute atomic E-state index is 14.0. The fourth-order valence-electron chi connectivity index (χ4n) is 2.49. The number of carboxylic acid groups (broad SMARTS) is 1. The van der Waals surface area contributed by atoms with Crippen LogP contribution in [0.2, 0.25) is 0 Å². The highest BCUT2D eigenvalue weighted by atomic mass is 19.2. The van der Waals surface area contributed by atoms with Gasteiger partial charge in [-0.3, -0.25) is 9.59 Å². The molecule has 0 aliphatic carbocycles. The molecule has 144 valence electrons. The van der Waals surface area contributed by atoms with Crippen LogP contribution in [0.25, 0.3) is 11.5 Å². The fourth-order valence-corrected chi connectivity index (χ4v) is 2.49. The summed E-state index contributed by atoms with van der Waals surface area (Å²) < 4.78 is 45.9. The summed E-state index contributed by atoms with van der Waals surface area (Å²) in [5.41, 5.74) is -0.388. The molecule has 0 saturated carbocycles. The Hall–Kier alpha value is -3.69. The van der Waals surface area contributed by atoms with Crippen molar-refractivity contribution in [2.75, 3.05) is 0 Å². The number of nitrogens with zero attached hydrogens (tertiary/aromatic N) is 2. The van der Waals surface area contributed by atoms with Crippen molar-refractivity contribution in [3.63, 3.8) is 0 Å². The number of hydrogen-bond donors (Lipinski definition) is 2. The molecule has 10 heteroatoms. The molecule has 0 aliphatic rings. The van der Waals surface area contributed by atoms with Crippen molar-refractivity contribution in [2.24, 2.45) is 0 Å². The van der Waals surface area contributed by atoms with E-state index in [1.807, 2.05) is 0 Å². The quantitative estimate of drug-likeness (QED) is 0.669. The van der Waals surface area contributed by atoms with Crippen LogP contribution < -0.4 is 5.32 Å². The van der Waals surface area contributed by atoms with Gasteiger partial charge >= 0.3 is 5.97 Å². The Morgan fingerprint density at radius 1 is 1.07 bits per heavy atom. The Balaban J connectivity index is 1.85. The molecule has 1 amide bonds. The molecule has 2 N–H and O–H groups in total. The first-order valence-corrected chi connectivity index (χ1v) is 7.92. The summed E-state index contributed by atoms with van der Waals surface area (Å²) in [6.45, 7) is 0. The Kier molecular flexibility index (Phi) is 5.39. The molecule has 28 heavy (non-hydrogen) atoms. The van der Waals surface area contributed by atoms with E-state index in [9.17, 15) is 22.8 Å². The predicted octanol–water partition coefficient (Wildman–Crippen LogP) is 3.10. The first-order valence-electron chi connectivity index (χ1n) is 7.92. The van der Waals surface area contributed by atoms with Crippen molar-refractivity contribution in [1.29, 1.82) is 0 Å². The molecule has 0 fully saturated rings. The van der Waals surface area contributed by atoms with Crippen LogP contribution in [-0.2, 0) is 4.79 Å². The van der Waals surface area contributed by atoms with E-state index in [4.69, 9.17) is 9.63 Å². The Morgan fingerprint density at radius 3 is 2.50 bits per heavy atom. The van der Waals surface area contributed by atoms with Gasteiger partial charge in [0.25, 0.3) is 17.6 Å². The molecule has 2 aromatic carbocycles. The van der Waals surface area contributed by atoms with Gasteiger partial charge in [0, 0.05) is 5.56 Å². The van der Waals surface area contributed by atoms with Gasteiger partial charge in [-0.15, -0.1) is 0 Å². The van der Waals surface area contributed by atoms with Crippen molar-refractivity contribution < 1.29 is 32.4 Å². The summed E-state index contributed by atoms with van der Waals surface area (Å²) in [6.07, 6.45) is -0.601. The van der Waals surface area contributed by atoms with Gasteiger partial charge in [0.05, 0.1) is 18.0 Å². The zero-order valence-corrected chi connectivity index (χ0v) is 14.0. The lowest BCUT2D eigenvalue weighted by molar-refractivity contribution is -0.137. The maximum Gasteiger partial charge on any atom is 0.305 e. The average molecular weight is 391 g/mol. The topological polar surface area (TPSA) is 105 Å². The van der Waals surface area contributed by atoms with Crippen LogP contribution in [0.4, 0.5) is 13.2 Å². The summed E-state index contributed by atoms with van der Waals surface area (Å²) >= 11 is 0. The van der Waals surface area contributed by atoms with Crippen molar-refractivity contribution >= 4 is 11.9 Å². The van der Waals surface area contributed by atoms with Crippen LogP contribution in [0.3, 0.4) is 0 Å². The van der Waals surface area contributed by atoms with Crippen molar-refractivity contribution in [2.45, 2.75) is 12.5 Å². The summed E-state index contributed by atoms with van der Waals surface area (Å²) in [4.78, 5) is 27.1. The number of carbonyl (C=O) groups excluding carboxylic acids is 1. The molecule has 1 atom stereocenters. The lowest BCUT2D eigenvalue weighted by Crippen LogP contribution is -2.31. The highest BCUT2D eigenvalue weighted by Crippen LogP contribution is 2.24. The molecular weight excluding hydrogens is 379 g/mol. The molecule has 1 unspecified atom stereocenters. The largest absolute Gasteiger partial charge is 0.481 e. The van der Waals surface area contributed by atoms with E-state index in [1.165, 1.54) is 30.3 Å². The van der Waals surface area contributed by atoms with E-state index >= 15 is 0 Å². The number of aromatic nitrogens is 2. The normalized spacial score (nSPS) is 11.8. The second kappa shape index (κ2) is 7.91. The first kappa shape index (κ1) is 19.1. The Labute approximate surface area is 155 Å². The number of carboxylic acids is 1. The van der Waals surface area contributed by atoms with Crippen molar-refractivity contribution in [3.8, 4) is 11.5 Å². The van der Waals surface area contributed by atoms with Crippen LogP contribution in [0, 0.1) is 17.5 Å². The molecular formula is C18H12F3N3O4. The number of hydrogen-bond acceptors (Lipinski definition) is 5. The van der Waals surface area contributed by atoms with Crippen LogP contribution in [0.1, 0.15) is 28.6 Å². The zero-order chi connectivity index (χ0) is 20.3. The van der Waals surface area contributed by atoms with Crippen molar-refractivity contribution in [1.82, 2.24) is 15.5 Å². The third kappa shape index (κ3) is 4.00. The maximum atomic E-state index is 14.0. The van der Waals surface area contributed by atoms with Crippen LogP contribution in [0.5, 0.6) is 0 Å². The predicted molar refractivity (Wildman–Crippen MR) is 88.5 cm³/mol. The molecule has 0 spiro atoms. The van der Waals surface area contributed by atoms with Crippen LogP contribution in [-0.4, -0.2) is 27.1 Å². The highest BCUT2D eigenvalue weighted by Gasteiger charge is 2.25. The molecule has 0 aliphatic heterocycles. The zero-order valence-electron chi connectivity index (χ0n) is 14.0. The molecule has 0 bridgehead atoms. The minimum absolute atomic E-state index is 0.0434.